The number of hydrogen-bond acceptors (Lipinski definition) is 4. The van der Waals surface area contributed by atoms with Gasteiger partial charge in [0.15, 0.2) is 0 Å². The van der Waals surface area contributed by atoms with E-state index in [1.165, 1.54) is 0 Å². The van der Waals surface area contributed by atoms with Gasteiger partial charge in [-0.25, -0.2) is 0 Å². The summed E-state index contributed by atoms with van der Waals surface area (Å²) in [5.74, 6) is -1.01. The molecule has 0 radical (unpaired) electrons. The van der Waals surface area contributed by atoms with Gasteiger partial charge < -0.3 is 19.9 Å². The summed E-state index contributed by atoms with van der Waals surface area (Å²) in [7, 11) is 0. The summed E-state index contributed by atoms with van der Waals surface area (Å²) in [6, 6.07) is 0. The zero-order valence-corrected chi connectivity index (χ0v) is 11.0. The number of rotatable bonds is 5. The molecule has 2 rings (SSSR count). The summed E-state index contributed by atoms with van der Waals surface area (Å²) in [6.07, 6.45) is 3.26. The summed E-state index contributed by atoms with van der Waals surface area (Å²) >= 11 is 0. The molecule has 0 aliphatic carbocycles. The molecule has 108 valence electrons. The van der Waals surface area contributed by atoms with Crippen molar-refractivity contribution < 1.29 is 24.2 Å². The molecule has 2 aliphatic heterocycles. The predicted octanol–water partition coefficient (Wildman–Crippen LogP) is 0.696. The number of carboxylic acid groups (broad SMARTS) is 1. The van der Waals surface area contributed by atoms with Crippen molar-refractivity contribution in [2.45, 2.75) is 50.2 Å². The lowest BCUT2D eigenvalue weighted by Gasteiger charge is -2.37. The Morgan fingerprint density at radius 1 is 1.26 bits per heavy atom. The summed E-state index contributed by atoms with van der Waals surface area (Å²) in [4.78, 5) is 23.0. The number of amides is 1. The summed E-state index contributed by atoms with van der Waals surface area (Å²) in [5.41, 5.74) is -0.653. The molecular formula is C13H21NO5. The molecule has 0 saturated carbocycles. The van der Waals surface area contributed by atoms with Gasteiger partial charge in [-0.2, -0.15) is 0 Å². The molecule has 0 spiro atoms. The molecule has 2 N–H and O–H groups in total. The van der Waals surface area contributed by atoms with Crippen LogP contribution in [-0.4, -0.2) is 48.4 Å². The fraction of sp³-hybridized carbons (Fsp3) is 0.846. The highest BCUT2D eigenvalue weighted by Crippen LogP contribution is 2.25. The maximum absolute atomic E-state index is 12.0. The van der Waals surface area contributed by atoms with Gasteiger partial charge in [-0.3, -0.25) is 9.59 Å². The third-order valence-corrected chi connectivity index (χ3v) is 3.78. The van der Waals surface area contributed by atoms with Gasteiger partial charge in [-0.05, 0) is 25.7 Å². The first kappa shape index (κ1) is 14.3. The van der Waals surface area contributed by atoms with E-state index in [2.05, 4.69) is 5.32 Å². The number of carboxylic acids is 1. The van der Waals surface area contributed by atoms with Crippen LogP contribution in [0.4, 0.5) is 0 Å². The molecule has 2 aliphatic rings. The van der Waals surface area contributed by atoms with Gasteiger partial charge in [0.2, 0.25) is 5.91 Å². The van der Waals surface area contributed by atoms with Gasteiger partial charge >= 0.3 is 5.97 Å². The lowest BCUT2D eigenvalue weighted by Crippen LogP contribution is -2.53. The first-order valence-corrected chi connectivity index (χ1v) is 6.82. The standard InChI is InChI=1S/C13H21NO5/c15-11(8-10-2-1-5-19-10)14-13(9-12(16)17)3-6-18-7-4-13/h10H,1-9H2,(H,14,15)(H,16,17). The fourth-order valence-corrected chi connectivity index (χ4v) is 2.76. The zero-order valence-electron chi connectivity index (χ0n) is 11.0. The molecule has 2 saturated heterocycles. The average Bonchev–Trinajstić information content (AvgIpc) is 2.81. The van der Waals surface area contributed by atoms with Crippen LogP contribution in [0.25, 0.3) is 0 Å². The van der Waals surface area contributed by atoms with Crippen LogP contribution in [0.1, 0.15) is 38.5 Å². The van der Waals surface area contributed by atoms with Crippen molar-refractivity contribution in [1.82, 2.24) is 5.32 Å². The van der Waals surface area contributed by atoms with E-state index in [-0.39, 0.29) is 18.4 Å². The molecule has 2 fully saturated rings. The summed E-state index contributed by atoms with van der Waals surface area (Å²) < 4.78 is 10.7. The van der Waals surface area contributed by atoms with Gasteiger partial charge in [-0.15, -0.1) is 0 Å². The van der Waals surface area contributed by atoms with Crippen LogP contribution >= 0.6 is 0 Å². The first-order chi connectivity index (χ1) is 9.10. The Kier molecular flexibility index (Phi) is 4.76. The number of carbonyl (C=O) groups is 2. The van der Waals surface area contributed by atoms with E-state index < -0.39 is 11.5 Å². The number of hydrogen-bond donors (Lipinski definition) is 2. The lowest BCUT2D eigenvalue weighted by molar-refractivity contribution is -0.140. The van der Waals surface area contributed by atoms with Crippen molar-refractivity contribution in [2.24, 2.45) is 0 Å². The van der Waals surface area contributed by atoms with Crippen LogP contribution in [0.5, 0.6) is 0 Å². The van der Waals surface area contributed by atoms with Gasteiger partial charge in [0.25, 0.3) is 0 Å². The highest BCUT2D eigenvalue weighted by Gasteiger charge is 2.36. The van der Waals surface area contributed by atoms with E-state index in [0.29, 0.717) is 39.1 Å². The maximum atomic E-state index is 12.0. The normalized spacial score (nSPS) is 26.0. The van der Waals surface area contributed by atoms with Gasteiger partial charge in [-0.1, -0.05) is 0 Å². The third kappa shape index (κ3) is 4.18. The second kappa shape index (κ2) is 6.34. The van der Waals surface area contributed by atoms with Crippen LogP contribution < -0.4 is 5.32 Å². The highest BCUT2D eigenvalue weighted by atomic mass is 16.5. The largest absolute Gasteiger partial charge is 0.481 e. The van der Waals surface area contributed by atoms with E-state index in [9.17, 15) is 9.59 Å². The number of ether oxygens (including phenoxy) is 2. The second-order valence-corrected chi connectivity index (χ2v) is 5.35. The molecule has 0 aromatic carbocycles. The molecule has 6 heteroatoms. The van der Waals surface area contributed by atoms with Crippen molar-refractivity contribution in [2.75, 3.05) is 19.8 Å². The van der Waals surface area contributed by atoms with E-state index in [1.807, 2.05) is 0 Å². The van der Waals surface area contributed by atoms with Gasteiger partial charge in [0.05, 0.1) is 24.5 Å². The molecule has 1 atom stereocenters. The van der Waals surface area contributed by atoms with Crippen LogP contribution in [0.2, 0.25) is 0 Å². The number of aliphatic carboxylic acids is 1. The molecule has 19 heavy (non-hydrogen) atoms. The van der Waals surface area contributed by atoms with E-state index in [1.54, 1.807) is 0 Å². The van der Waals surface area contributed by atoms with E-state index >= 15 is 0 Å². The highest BCUT2D eigenvalue weighted by molar-refractivity contribution is 5.78. The predicted molar refractivity (Wildman–Crippen MR) is 66.8 cm³/mol. The Labute approximate surface area is 112 Å². The van der Waals surface area contributed by atoms with Crippen molar-refractivity contribution in [3.63, 3.8) is 0 Å². The smallest absolute Gasteiger partial charge is 0.305 e. The Hall–Kier alpha value is -1.14. The maximum Gasteiger partial charge on any atom is 0.305 e. The number of nitrogens with one attached hydrogen (secondary N) is 1. The van der Waals surface area contributed by atoms with Crippen LogP contribution in [0, 0.1) is 0 Å². The Balaban J connectivity index is 1.90. The molecule has 6 nitrogen and oxygen atoms in total. The summed E-state index contributed by atoms with van der Waals surface area (Å²) in [6.45, 7) is 1.70. The van der Waals surface area contributed by atoms with Crippen molar-refractivity contribution in [3.05, 3.63) is 0 Å². The summed E-state index contributed by atoms with van der Waals surface area (Å²) in [5, 5.41) is 11.9. The first-order valence-electron chi connectivity index (χ1n) is 6.82. The van der Waals surface area contributed by atoms with Crippen LogP contribution in [0.15, 0.2) is 0 Å². The Bertz CT molecular complexity index is 332. The van der Waals surface area contributed by atoms with E-state index in [4.69, 9.17) is 14.6 Å². The fourth-order valence-electron chi connectivity index (χ4n) is 2.76. The minimum atomic E-state index is -0.890. The van der Waals surface area contributed by atoms with E-state index in [0.717, 1.165) is 12.8 Å². The molecule has 0 aromatic rings. The Morgan fingerprint density at radius 3 is 2.58 bits per heavy atom. The van der Waals surface area contributed by atoms with Crippen molar-refractivity contribution in [3.8, 4) is 0 Å². The quantitative estimate of drug-likeness (QED) is 0.768. The molecule has 0 aromatic heterocycles. The minimum Gasteiger partial charge on any atom is -0.481 e. The molecule has 1 amide bonds. The van der Waals surface area contributed by atoms with Crippen LogP contribution in [-0.2, 0) is 19.1 Å². The number of carbonyl (C=O) groups excluding carboxylic acids is 1. The third-order valence-electron chi connectivity index (χ3n) is 3.78. The molecule has 2 heterocycles. The second-order valence-electron chi connectivity index (χ2n) is 5.35. The topological polar surface area (TPSA) is 84.9 Å². The average molecular weight is 271 g/mol. The van der Waals surface area contributed by atoms with Crippen LogP contribution in [0.3, 0.4) is 0 Å². The van der Waals surface area contributed by atoms with Crippen molar-refractivity contribution >= 4 is 11.9 Å². The molecule has 1 unspecified atom stereocenters. The van der Waals surface area contributed by atoms with Gasteiger partial charge in [0.1, 0.15) is 0 Å². The molecule has 0 bridgehead atoms. The van der Waals surface area contributed by atoms with Gasteiger partial charge in [0, 0.05) is 19.8 Å². The molecular weight excluding hydrogens is 250 g/mol. The lowest BCUT2D eigenvalue weighted by atomic mass is 9.86. The van der Waals surface area contributed by atoms with Crippen molar-refractivity contribution in [1.29, 1.82) is 0 Å². The monoisotopic (exact) mass is 271 g/mol. The minimum absolute atomic E-state index is 0.0123. The SMILES string of the molecule is O=C(O)CC1(NC(=O)CC2CCCO2)CCOCC1. The zero-order chi connectivity index (χ0) is 13.7. The Morgan fingerprint density at radius 2 is 2.00 bits per heavy atom.